The Balaban J connectivity index is 1.50. The van der Waals surface area contributed by atoms with Gasteiger partial charge in [-0.3, -0.25) is 14.4 Å². The van der Waals surface area contributed by atoms with Gasteiger partial charge in [-0.25, -0.2) is 4.39 Å². The van der Waals surface area contributed by atoms with Crippen molar-refractivity contribution in [1.29, 1.82) is 0 Å². The average molecular weight is 346 g/mol. The minimum Gasteiger partial charge on any atom is -0.348 e. The van der Waals surface area contributed by atoms with Gasteiger partial charge < -0.3 is 10.2 Å². The van der Waals surface area contributed by atoms with E-state index in [1.54, 1.807) is 0 Å². The lowest BCUT2D eigenvalue weighted by Gasteiger charge is -2.31. The van der Waals surface area contributed by atoms with Crippen LogP contribution in [-0.4, -0.2) is 41.6 Å². The molecule has 3 rings (SSSR count). The van der Waals surface area contributed by atoms with Crippen molar-refractivity contribution in [3.05, 3.63) is 35.6 Å². The number of Topliss-reactive ketones (excluding diaryl/α,β-unsaturated/α-hetero) is 1. The summed E-state index contributed by atoms with van der Waals surface area (Å²) in [7, 11) is 0. The van der Waals surface area contributed by atoms with Crippen LogP contribution >= 0.6 is 0 Å². The Bertz CT molecular complexity index is 653. The first kappa shape index (κ1) is 17.6. The second-order valence-corrected chi connectivity index (χ2v) is 6.89. The van der Waals surface area contributed by atoms with Crippen LogP contribution < -0.4 is 5.32 Å². The van der Waals surface area contributed by atoms with E-state index >= 15 is 0 Å². The molecular formula is C19H23FN2O3. The number of benzene rings is 1. The number of carbonyl (C=O) groups excluding carboxylic acids is 3. The Kier molecular flexibility index (Phi) is 5.46. The Hall–Kier alpha value is -2.24. The summed E-state index contributed by atoms with van der Waals surface area (Å²) in [6.45, 7) is 0.304. The summed E-state index contributed by atoms with van der Waals surface area (Å²) in [5.74, 6) is -1.30. The van der Waals surface area contributed by atoms with Crippen LogP contribution in [-0.2, 0) is 9.59 Å². The second-order valence-electron chi connectivity index (χ2n) is 6.89. The fourth-order valence-electron chi connectivity index (χ4n) is 3.70. The number of ketones is 1. The van der Waals surface area contributed by atoms with Gasteiger partial charge in [0.15, 0.2) is 5.78 Å². The van der Waals surface area contributed by atoms with E-state index in [2.05, 4.69) is 5.32 Å². The van der Waals surface area contributed by atoms with Crippen LogP contribution in [0, 0.1) is 11.7 Å². The third-order valence-electron chi connectivity index (χ3n) is 5.13. The first-order chi connectivity index (χ1) is 12.0. The van der Waals surface area contributed by atoms with Gasteiger partial charge in [-0.2, -0.15) is 0 Å². The molecule has 1 heterocycles. The summed E-state index contributed by atoms with van der Waals surface area (Å²) in [6.07, 6.45) is 5.74. The second kappa shape index (κ2) is 7.76. The van der Waals surface area contributed by atoms with Gasteiger partial charge in [0, 0.05) is 24.6 Å². The van der Waals surface area contributed by atoms with Crippen LogP contribution in [0.4, 0.5) is 4.39 Å². The fourth-order valence-corrected chi connectivity index (χ4v) is 3.70. The van der Waals surface area contributed by atoms with E-state index in [9.17, 15) is 18.8 Å². The highest BCUT2D eigenvalue weighted by Crippen LogP contribution is 2.28. The molecule has 0 bridgehead atoms. The predicted octanol–water partition coefficient (Wildman–Crippen LogP) is 2.31. The van der Waals surface area contributed by atoms with Crippen LogP contribution in [0.2, 0.25) is 0 Å². The standard InChI is InChI=1S/C19H23FN2O3/c20-15-8-6-13(7-9-15)17(23)11-21-19(25)14-10-18(24)22(12-14)16-4-2-1-3-5-16/h6-9,14,16H,1-5,10-12H2,(H,21,25). The molecule has 6 heteroatoms. The number of hydrogen-bond acceptors (Lipinski definition) is 3. The Morgan fingerprint density at radius 1 is 1.12 bits per heavy atom. The molecule has 0 spiro atoms. The van der Waals surface area contributed by atoms with Crippen LogP contribution in [0.3, 0.4) is 0 Å². The lowest BCUT2D eigenvalue weighted by atomic mass is 9.94. The third-order valence-corrected chi connectivity index (χ3v) is 5.13. The Labute approximate surface area is 146 Å². The van der Waals surface area contributed by atoms with E-state index in [1.807, 2.05) is 4.90 Å². The van der Waals surface area contributed by atoms with Crippen molar-refractivity contribution in [2.45, 2.75) is 44.6 Å². The van der Waals surface area contributed by atoms with Crippen molar-refractivity contribution in [2.75, 3.05) is 13.1 Å². The molecule has 2 fully saturated rings. The van der Waals surface area contributed by atoms with Crippen molar-refractivity contribution in [3.63, 3.8) is 0 Å². The Morgan fingerprint density at radius 2 is 1.80 bits per heavy atom. The van der Waals surface area contributed by atoms with Gasteiger partial charge in [0.2, 0.25) is 11.8 Å². The number of nitrogens with zero attached hydrogens (tertiary/aromatic N) is 1. The number of amides is 2. The lowest BCUT2D eigenvalue weighted by molar-refractivity contribution is -0.130. The van der Waals surface area contributed by atoms with E-state index in [1.165, 1.54) is 30.7 Å². The Morgan fingerprint density at radius 3 is 2.48 bits per heavy atom. The molecule has 1 N–H and O–H groups in total. The van der Waals surface area contributed by atoms with E-state index in [0.29, 0.717) is 12.1 Å². The van der Waals surface area contributed by atoms with E-state index < -0.39 is 11.7 Å². The molecule has 1 unspecified atom stereocenters. The van der Waals surface area contributed by atoms with Crippen molar-refractivity contribution in [3.8, 4) is 0 Å². The average Bonchev–Trinajstić information content (AvgIpc) is 3.02. The molecule has 1 aromatic rings. The quantitative estimate of drug-likeness (QED) is 0.832. The third kappa shape index (κ3) is 4.24. The molecule has 2 amide bonds. The number of rotatable bonds is 5. The molecular weight excluding hydrogens is 323 g/mol. The first-order valence-electron chi connectivity index (χ1n) is 8.90. The molecule has 1 saturated carbocycles. The molecule has 1 saturated heterocycles. The lowest BCUT2D eigenvalue weighted by Crippen LogP contribution is -2.40. The van der Waals surface area contributed by atoms with E-state index in [4.69, 9.17) is 0 Å². The zero-order chi connectivity index (χ0) is 17.8. The summed E-state index contributed by atoms with van der Waals surface area (Å²) in [4.78, 5) is 38.4. The van der Waals surface area contributed by atoms with Crippen molar-refractivity contribution in [1.82, 2.24) is 10.2 Å². The monoisotopic (exact) mass is 346 g/mol. The molecule has 2 aliphatic rings. The van der Waals surface area contributed by atoms with Gasteiger partial charge in [-0.1, -0.05) is 19.3 Å². The molecule has 1 aliphatic heterocycles. The van der Waals surface area contributed by atoms with Crippen LogP contribution in [0.1, 0.15) is 48.9 Å². The summed E-state index contributed by atoms with van der Waals surface area (Å²) < 4.78 is 12.9. The first-order valence-corrected chi connectivity index (χ1v) is 8.90. The fraction of sp³-hybridized carbons (Fsp3) is 0.526. The summed E-state index contributed by atoms with van der Waals surface area (Å²) in [5.41, 5.74) is 0.355. The van der Waals surface area contributed by atoms with Gasteiger partial charge in [-0.05, 0) is 37.1 Å². The zero-order valence-corrected chi connectivity index (χ0v) is 14.2. The zero-order valence-electron chi connectivity index (χ0n) is 14.2. The van der Waals surface area contributed by atoms with Gasteiger partial charge >= 0.3 is 0 Å². The largest absolute Gasteiger partial charge is 0.348 e. The number of carbonyl (C=O) groups is 3. The summed E-state index contributed by atoms with van der Waals surface area (Å²) >= 11 is 0. The van der Waals surface area contributed by atoms with Crippen molar-refractivity contribution in [2.24, 2.45) is 5.92 Å². The molecule has 25 heavy (non-hydrogen) atoms. The number of hydrogen-bond donors (Lipinski definition) is 1. The van der Waals surface area contributed by atoms with Gasteiger partial charge in [0.05, 0.1) is 12.5 Å². The molecule has 0 radical (unpaired) electrons. The number of likely N-dealkylation sites (tertiary alicyclic amines) is 1. The minimum atomic E-state index is -0.409. The highest BCUT2D eigenvalue weighted by Gasteiger charge is 2.38. The van der Waals surface area contributed by atoms with Gasteiger partial charge in [0.1, 0.15) is 5.82 Å². The van der Waals surface area contributed by atoms with E-state index in [0.717, 1.165) is 25.7 Å². The van der Waals surface area contributed by atoms with Gasteiger partial charge in [0.25, 0.3) is 0 Å². The van der Waals surface area contributed by atoms with Crippen molar-refractivity contribution >= 4 is 17.6 Å². The maximum Gasteiger partial charge on any atom is 0.225 e. The summed E-state index contributed by atoms with van der Waals surface area (Å²) in [6, 6.07) is 5.49. The van der Waals surface area contributed by atoms with Crippen LogP contribution in [0.15, 0.2) is 24.3 Å². The molecule has 1 atom stereocenters. The summed E-state index contributed by atoms with van der Waals surface area (Å²) in [5, 5.41) is 2.62. The maximum atomic E-state index is 12.9. The maximum absolute atomic E-state index is 12.9. The number of halogens is 1. The normalized spacial score (nSPS) is 21.4. The van der Waals surface area contributed by atoms with E-state index in [-0.39, 0.29) is 36.6 Å². The minimum absolute atomic E-state index is 0.0388. The topological polar surface area (TPSA) is 66.5 Å². The highest BCUT2D eigenvalue weighted by molar-refractivity contribution is 6.00. The smallest absolute Gasteiger partial charge is 0.225 e. The molecule has 0 aromatic heterocycles. The molecule has 5 nitrogen and oxygen atoms in total. The molecule has 1 aliphatic carbocycles. The van der Waals surface area contributed by atoms with Crippen LogP contribution in [0.5, 0.6) is 0 Å². The predicted molar refractivity (Wildman–Crippen MR) is 90.4 cm³/mol. The highest BCUT2D eigenvalue weighted by atomic mass is 19.1. The SMILES string of the molecule is O=C(CNC(=O)C1CC(=O)N(C2CCCCC2)C1)c1ccc(F)cc1. The van der Waals surface area contributed by atoms with Crippen LogP contribution in [0.25, 0.3) is 0 Å². The van der Waals surface area contributed by atoms with Gasteiger partial charge in [-0.15, -0.1) is 0 Å². The molecule has 134 valence electrons. The number of nitrogens with one attached hydrogen (secondary N) is 1. The van der Waals surface area contributed by atoms with Crippen molar-refractivity contribution < 1.29 is 18.8 Å². The molecule has 1 aromatic carbocycles.